The van der Waals surface area contributed by atoms with Gasteiger partial charge in [0.15, 0.2) is 0 Å². The number of rotatable bonds is 3. The number of benzene rings is 1. The zero-order valence-corrected chi connectivity index (χ0v) is 11.6. The highest BCUT2D eigenvalue weighted by Crippen LogP contribution is 2.41. The number of carbonyl (C=O) groups excluding carboxylic acids is 1. The lowest BCUT2D eigenvalue weighted by Gasteiger charge is -2.33. The second kappa shape index (κ2) is 5.13. The molecule has 1 N–H and O–H groups in total. The molecule has 1 saturated carbocycles. The Hall–Kier alpha value is -1.91. The SMILES string of the molecule is O=C(O)C1(CC2Cc3cc(F)ccc3O2)CCCCC1=O. The van der Waals surface area contributed by atoms with Crippen LogP contribution in [0, 0.1) is 11.2 Å². The smallest absolute Gasteiger partial charge is 0.317 e. The van der Waals surface area contributed by atoms with Crippen LogP contribution in [0.5, 0.6) is 5.75 Å². The van der Waals surface area contributed by atoms with Gasteiger partial charge in [-0.3, -0.25) is 9.59 Å². The molecule has 0 aromatic heterocycles. The number of carbonyl (C=O) groups is 2. The second-order valence-corrected chi connectivity index (χ2v) is 5.92. The van der Waals surface area contributed by atoms with Gasteiger partial charge in [0.1, 0.15) is 28.9 Å². The topological polar surface area (TPSA) is 63.6 Å². The minimum absolute atomic E-state index is 0.164. The molecule has 0 bridgehead atoms. The van der Waals surface area contributed by atoms with Crippen LogP contribution < -0.4 is 4.74 Å². The Morgan fingerprint density at radius 3 is 2.95 bits per heavy atom. The van der Waals surface area contributed by atoms with Crippen LogP contribution in [0.2, 0.25) is 0 Å². The lowest BCUT2D eigenvalue weighted by Crippen LogP contribution is -2.44. The second-order valence-electron chi connectivity index (χ2n) is 5.92. The van der Waals surface area contributed by atoms with Crippen LogP contribution in [-0.4, -0.2) is 23.0 Å². The van der Waals surface area contributed by atoms with Gasteiger partial charge in [-0.25, -0.2) is 4.39 Å². The van der Waals surface area contributed by atoms with Crippen molar-refractivity contribution < 1.29 is 23.8 Å². The van der Waals surface area contributed by atoms with E-state index in [2.05, 4.69) is 0 Å². The fraction of sp³-hybridized carbons (Fsp3) is 0.500. The van der Waals surface area contributed by atoms with Crippen molar-refractivity contribution in [3.8, 4) is 5.75 Å². The molecule has 2 aliphatic rings. The van der Waals surface area contributed by atoms with E-state index in [1.54, 1.807) is 6.07 Å². The van der Waals surface area contributed by atoms with Crippen LogP contribution in [0.1, 0.15) is 37.7 Å². The number of aliphatic carboxylic acids is 1. The van der Waals surface area contributed by atoms with Gasteiger partial charge in [0.25, 0.3) is 0 Å². The molecule has 2 atom stereocenters. The number of carboxylic acid groups (broad SMARTS) is 1. The van der Waals surface area contributed by atoms with Crippen LogP contribution in [0.15, 0.2) is 18.2 Å². The average Bonchev–Trinajstić information content (AvgIpc) is 2.82. The Balaban J connectivity index is 1.80. The number of hydrogen-bond acceptors (Lipinski definition) is 3. The summed E-state index contributed by atoms with van der Waals surface area (Å²) in [6, 6.07) is 4.28. The van der Waals surface area contributed by atoms with E-state index in [0.717, 1.165) is 18.4 Å². The molecule has 4 nitrogen and oxygen atoms in total. The fourth-order valence-electron chi connectivity index (χ4n) is 3.41. The molecule has 5 heteroatoms. The molecule has 0 radical (unpaired) electrons. The highest BCUT2D eigenvalue weighted by atomic mass is 19.1. The van der Waals surface area contributed by atoms with Crippen molar-refractivity contribution in [1.29, 1.82) is 0 Å². The number of halogens is 1. The summed E-state index contributed by atoms with van der Waals surface area (Å²) in [5.41, 5.74) is -0.590. The molecule has 1 fully saturated rings. The number of Topliss-reactive ketones (excluding diaryl/α,β-unsaturated/α-hetero) is 1. The van der Waals surface area contributed by atoms with Crippen molar-refractivity contribution in [2.75, 3.05) is 0 Å². The molecule has 3 rings (SSSR count). The monoisotopic (exact) mass is 292 g/mol. The van der Waals surface area contributed by atoms with Crippen molar-refractivity contribution in [3.63, 3.8) is 0 Å². The third kappa shape index (κ3) is 2.41. The van der Waals surface area contributed by atoms with E-state index < -0.39 is 11.4 Å². The van der Waals surface area contributed by atoms with Gasteiger partial charge in [-0.15, -0.1) is 0 Å². The predicted octanol–water partition coefficient (Wildman–Crippen LogP) is 2.73. The van der Waals surface area contributed by atoms with Crippen molar-refractivity contribution in [1.82, 2.24) is 0 Å². The maximum atomic E-state index is 13.2. The predicted molar refractivity (Wildman–Crippen MR) is 72.7 cm³/mol. The molecule has 1 heterocycles. The van der Waals surface area contributed by atoms with Crippen LogP contribution in [0.3, 0.4) is 0 Å². The van der Waals surface area contributed by atoms with Gasteiger partial charge >= 0.3 is 5.97 Å². The molecule has 1 aliphatic carbocycles. The van der Waals surface area contributed by atoms with Gasteiger partial charge in [-0.1, -0.05) is 6.42 Å². The molecule has 0 amide bonds. The van der Waals surface area contributed by atoms with Crippen LogP contribution in [-0.2, 0) is 16.0 Å². The zero-order valence-electron chi connectivity index (χ0n) is 11.6. The van der Waals surface area contributed by atoms with E-state index in [1.807, 2.05) is 0 Å². The van der Waals surface area contributed by atoms with Gasteiger partial charge in [0.2, 0.25) is 0 Å². The lowest BCUT2D eigenvalue weighted by atomic mass is 9.69. The number of ether oxygens (including phenoxy) is 1. The van der Waals surface area contributed by atoms with Crippen molar-refractivity contribution in [3.05, 3.63) is 29.6 Å². The summed E-state index contributed by atoms with van der Waals surface area (Å²) in [4.78, 5) is 23.8. The molecule has 112 valence electrons. The van der Waals surface area contributed by atoms with Crippen LogP contribution in [0.4, 0.5) is 4.39 Å². The normalized spacial score (nSPS) is 28.0. The number of hydrogen-bond donors (Lipinski definition) is 1. The maximum absolute atomic E-state index is 13.2. The molecule has 1 aliphatic heterocycles. The van der Waals surface area contributed by atoms with Gasteiger partial charge in [-0.2, -0.15) is 0 Å². The minimum atomic E-state index is -1.33. The Kier molecular flexibility index (Phi) is 3.43. The van der Waals surface area contributed by atoms with E-state index in [-0.39, 0.29) is 24.1 Å². The molecule has 0 spiro atoms. The van der Waals surface area contributed by atoms with Gasteiger partial charge in [-0.05, 0) is 31.0 Å². The first-order valence-electron chi connectivity index (χ1n) is 7.23. The lowest BCUT2D eigenvalue weighted by molar-refractivity contribution is -0.159. The number of ketones is 1. The Morgan fingerprint density at radius 2 is 2.24 bits per heavy atom. The van der Waals surface area contributed by atoms with E-state index in [9.17, 15) is 19.1 Å². The Bertz CT molecular complexity index is 598. The van der Waals surface area contributed by atoms with Crippen molar-refractivity contribution in [2.45, 2.75) is 44.6 Å². The third-order valence-corrected chi connectivity index (χ3v) is 4.54. The zero-order chi connectivity index (χ0) is 15.0. The summed E-state index contributed by atoms with van der Waals surface area (Å²) in [7, 11) is 0. The summed E-state index contributed by atoms with van der Waals surface area (Å²) in [6.45, 7) is 0. The fourth-order valence-corrected chi connectivity index (χ4v) is 3.41. The maximum Gasteiger partial charge on any atom is 0.317 e. The average molecular weight is 292 g/mol. The molecule has 21 heavy (non-hydrogen) atoms. The van der Waals surface area contributed by atoms with E-state index >= 15 is 0 Å². The number of fused-ring (bicyclic) bond motifs is 1. The minimum Gasteiger partial charge on any atom is -0.490 e. The molecular formula is C16H17FO4. The van der Waals surface area contributed by atoms with E-state index in [4.69, 9.17) is 4.74 Å². The Morgan fingerprint density at radius 1 is 1.43 bits per heavy atom. The van der Waals surface area contributed by atoms with Gasteiger partial charge in [0.05, 0.1) is 0 Å². The van der Waals surface area contributed by atoms with Crippen molar-refractivity contribution >= 4 is 11.8 Å². The summed E-state index contributed by atoms with van der Waals surface area (Å²) in [6.07, 6.45) is 2.43. The van der Waals surface area contributed by atoms with Crippen LogP contribution in [0.25, 0.3) is 0 Å². The first kappa shape index (κ1) is 14.0. The summed E-state index contributed by atoms with van der Waals surface area (Å²) >= 11 is 0. The molecular weight excluding hydrogens is 275 g/mol. The quantitative estimate of drug-likeness (QED) is 0.870. The molecule has 0 saturated heterocycles. The molecule has 2 unspecified atom stereocenters. The van der Waals surface area contributed by atoms with Crippen molar-refractivity contribution in [2.24, 2.45) is 5.41 Å². The van der Waals surface area contributed by atoms with Crippen LogP contribution >= 0.6 is 0 Å². The van der Waals surface area contributed by atoms with Gasteiger partial charge < -0.3 is 9.84 Å². The molecule has 1 aromatic rings. The third-order valence-electron chi connectivity index (χ3n) is 4.54. The first-order valence-corrected chi connectivity index (χ1v) is 7.23. The highest BCUT2D eigenvalue weighted by molar-refractivity contribution is 6.03. The summed E-state index contributed by atoms with van der Waals surface area (Å²) < 4.78 is 18.9. The largest absolute Gasteiger partial charge is 0.490 e. The number of carboxylic acids is 1. The summed E-state index contributed by atoms with van der Waals surface area (Å²) in [5, 5.41) is 9.54. The van der Waals surface area contributed by atoms with E-state index in [1.165, 1.54) is 12.1 Å². The summed E-state index contributed by atoms with van der Waals surface area (Å²) in [5.74, 6) is -1.00. The van der Waals surface area contributed by atoms with E-state index in [0.29, 0.717) is 25.0 Å². The molecule has 1 aromatic carbocycles. The Labute approximate surface area is 121 Å². The van der Waals surface area contributed by atoms with Gasteiger partial charge in [0, 0.05) is 24.8 Å². The standard InChI is InChI=1S/C16H17FO4/c17-11-4-5-13-10(7-11)8-12(21-13)9-16(15(19)20)6-2-1-3-14(16)18/h4-5,7,12H,1-3,6,8-9H2,(H,19,20). The highest BCUT2D eigenvalue weighted by Gasteiger charge is 2.49. The first-order chi connectivity index (χ1) is 10.0.